The molecule has 0 spiro atoms. The van der Waals surface area contributed by atoms with Gasteiger partial charge in [0.15, 0.2) is 0 Å². The minimum Gasteiger partial charge on any atom is -0.458 e. The highest BCUT2D eigenvalue weighted by molar-refractivity contribution is 5.77. The van der Waals surface area contributed by atoms with Gasteiger partial charge in [-0.2, -0.15) is 0 Å². The lowest BCUT2D eigenvalue weighted by Gasteiger charge is -2.33. The van der Waals surface area contributed by atoms with Gasteiger partial charge in [0.05, 0.1) is 18.8 Å². The van der Waals surface area contributed by atoms with E-state index in [0.29, 0.717) is 31.3 Å². The maximum atomic E-state index is 12.6. The van der Waals surface area contributed by atoms with E-state index in [4.69, 9.17) is 14.1 Å². The first-order valence-corrected chi connectivity index (χ1v) is 9.52. The van der Waals surface area contributed by atoms with Crippen molar-refractivity contribution >= 4 is 16.9 Å². The number of para-hydroxylation sites is 1. The van der Waals surface area contributed by atoms with Gasteiger partial charge >= 0.3 is 0 Å². The lowest BCUT2D eigenvalue weighted by atomic mass is 10.2. The third kappa shape index (κ3) is 3.30. The summed E-state index contributed by atoms with van der Waals surface area (Å²) >= 11 is 0. The smallest absolute Gasteiger partial charge is 0.255 e. The van der Waals surface area contributed by atoms with Crippen LogP contribution in [0.15, 0.2) is 70.1 Å². The molecular weight excluding hydrogens is 368 g/mol. The lowest BCUT2D eigenvalue weighted by Crippen LogP contribution is -2.41. The highest BCUT2D eigenvalue weighted by atomic mass is 16.5. The predicted octanol–water partition coefficient (Wildman–Crippen LogP) is 3.17. The number of hydrogen-bond acceptors (Lipinski definition) is 6. The highest BCUT2D eigenvalue weighted by Crippen LogP contribution is 2.30. The second-order valence-electron chi connectivity index (χ2n) is 7.07. The summed E-state index contributed by atoms with van der Waals surface area (Å²) < 4.78 is 13.5. The molecule has 1 aliphatic heterocycles. The first-order chi connectivity index (χ1) is 14.2. The van der Waals surface area contributed by atoms with Gasteiger partial charge in [-0.05, 0) is 24.3 Å². The zero-order chi connectivity index (χ0) is 19.8. The first kappa shape index (κ1) is 17.6. The van der Waals surface area contributed by atoms with Crippen LogP contribution in [0.3, 0.4) is 0 Å². The van der Waals surface area contributed by atoms with Crippen molar-refractivity contribution in [3.05, 3.63) is 77.0 Å². The SMILES string of the molecule is Cn1c(N2CCO[C@H](c3cc4ccccc4o3)C2)nc(-c2ccncc2)cc1=O. The van der Waals surface area contributed by atoms with Gasteiger partial charge < -0.3 is 14.1 Å². The summed E-state index contributed by atoms with van der Waals surface area (Å²) in [6.45, 7) is 1.73. The van der Waals surface area contributed by atoms with Crippen molar-refractivity contribution in [2.45, 2.75) is 6.10 Å². The molecule has 1 saturated heterocycles. The first-order valence-electron chi connectivity index (χ1n) is 9.52. The molecule has 7 heteroatoms. The molecule has 1 atom stereocenters. The van der Waals surface area contributed by atoms with Crippen LogP contribution in [0.25, 0.3) is 22.2 Å². The van der Waals surface area contributed by atoms with Gasteiger partial charge in [-0.1, -0.05) is 18.2 Å². The van der Waals surface area contributed by atoms with Crippen LogP contribution in [-0.2, 0) is 11.8 Å². The Balaban J connectivity index is 1.49. The summed E-state index contributed by atoms with van der Waals surface area (Å²) in [6, 6.07) is 15.2. The Morgan fingerprint density at radius 2 is 1.93 bits per heavy atom. The molecule has 146 valence electrons. The molecule has 1 aromatic carbocycles. The molecule has 5 rings (SSSR count). The fourth-order valence-electron chi connectivity index (χ4n) is 3.64. The summed E-state index contributed by atoms with van der Waals surface area (Å²) in [4.78, 5) is 23.5. The van der Waals surface area contributed by atoms with Gasteiger partial charge in [0.1, 0.15) is 17.4 Å². The summed E-state index contributed by atoms with van der Waals surface area (Å²) in [7, 11) is 1.74. The molecule has 0 saturated carbocycles. The largest absolute Gasteiger partial charge is 0.458 e. The number of pyridine rings is 1. The second kappa shape index (κ2) is 7.18. The van der Waals surface area contributed by atoms with Crippen molar-refractivity contribution in [1.29, 1.82) is 0 Å². The number of fused-ring (bicyclic) bond motifs is 1. The van der Waals surface area contributed by atoms with Gasteiger partial charge in [0.25, 0.3) is 5.56 Å². The molecule has 0 amide bonds. The van der Waals surface area contributed by atoms with Crippen molar-refractivity contribution in [1.82, 2.24) is 14.5 Å². The molecule has 29 heavy (non-hydrogen) atoms. The summed E-state index contributed by atoms with van der Waals surface area (Å²) in [5.74, 6) is 1.40. The number of anilines is 1. The molecule has 1 aliphatic rings. The van der Waals surface area contributed by atoms with Crippen LogP contribution in [0, 0.1) is 0 Å². The van der Waals surface area contributed by atoms with Gasteiger partial charge in [-0.25, -0.2) is 4.98 Å². The molecule has 0 radical (unpaired) electrons. The van der Waals surface area contributed by atoms with Crippen LogP contribution in [-0.4, -0.2) is 34.2 Å². The van der Waals surface area contributed by atoms with Crippen molar-refractivity contribution in [2.24, 2.45) is 7.05 Å². The zero-order valence-corrected chi connectivity index (χ0v) is 16.0. The van der Waals surface area contributed by atoms with Crippen LogP contribution >= 0.6 is 0 Å². The van der Waals surface area contributed by atoms with Gasteiger partial charge in [-0.15, -0.1) is 0 Å². The monoisotopic (exact) mass is 388 g/mol. The van der Waals surface area contributed by atoms with Crippen LogP contribution in [0.1, 0.15) is 11.9 Å². The fourth-order valence-corrected chi connectivity index (χ4v) is 3.64. The van der Waals surface area contributed by atoms with Crippen LogP contribution in [0.2, 0.25) is 0 Å². The quantitative estimate of drug-likeness (QED) is 0.537. The highest BCUT2D eigenvalue weighted by Gasteiger charge is 2.27. The van der Waals surface area contributed by atoms with Crippen LogP contribution < -0.4 is 10.5 Å². The number of nitrogens with zero attached hydrogens (tertiary/aromatic N) is 4. The standard InChI is InChI=1S/C22H20N4O3/c1-25-21(27)13-17(15-6-8-23-9-7-15)24-22(25)26-10-11-28-20(14-26)19-12-16-4-2-3-5-18(16)29-19/h2-9,12-13,20H,10-11,14H2,1H3/t20-/m0/s1. The van der Waals surface area contributed by atoms with Gasteiger partial charge in [0.2, 0.25) is 5.95 Å². The predicted molar refractivity (Wildman–Crippen MR) is 110 cm³/mol. The Morgan fingerprint density at radius 1 is 1.10 bits per heavy atom. The maximum Gasteiger partial charge on any atom is 0.255 e. The van der Waals surface area contributed by atoms with E-state index in [9.17, 15) is 4.79 Å². The normalized spacial score (nSPS) is 17.0. The Bertz CT molecular complexity index is 1180. The number of morpholine rings is 1. The third-order valence-electron chi connectivity index (χ3n) is 5.20. The number of furan rings is 1. The molecule has 1 fully saturated rings. The number of hydrogen-bond donors (Lipinski definition) is 0. The molecular formula is C22H20N4O3. The van der Waals surface area contributed by atoms with Crippen molar-refractivity contribution < 1.29 is 9.15 Å². The molecule has 0 bridgehead atoms. The van der Waals surface area contributed by atoms with Gasteiger partial charge in [0, 0.05) is 43.0 Å². The topological polar surface area (TPSA) is 73.4 Å². The Hall–Kier alpha value is -3.45. The van der Waals surface area contributed by atoms with E-state index >= 15 is 0 Å². The van der Waals surface area contributed by atoms with E-state index in [2.05, 4.69) is 9.88 Å². The molecule has 7 nitrogen and oxygen atoms in total. The van der Waals surface area contributed by atoms with E-state index in [1.807, 2.05) is 42.5 Å². The Kier molecular flexibility index (Phi) is 4.37. The van der Waals surface area contributed by atoms with E-state index in [1.54, 1.807) is 30.1 Å². The van der Waals surface area contributed by atoms with Crippen molar-refractivity contribution in [3.8, 4) is 11.3 Å². The molecule has 0 N–H and O–H groups in total. The summed E-state index contributed by atoms with van der Waals surface area (Å²) in [6.07, 6.45) is 3.17. The summed E-state index contributed by atoms with van der Waals surface area (Å²) in [5.41, 5.74) is 2.24. The van der Waals surface area contributed by atoms with Gasteiger partial charge in [-0.3, -0.25) is 14.3 Å². The van der Waals surface area contributed by atoms with Crippen molar-refractivity contribution in [3.63, 3.8) is 0 Å². The molecule has 4 heterocycles. The number of benzene rings is 1. The minimum atomic E-state index is -0.224. The van der Waals surface area contributed by atoms with E-state index in [1.165, 1.54) is 0 Å². The number of ether oxygens (including phenoxy) is 1. The Morgan fingerprint density at radius 3 is 2.76 bits per heavy atom. The molecule has 0 unspecified atom stereocenters. The Labute approximate surface area is 167 Å². The lowest BCUT2D eigenvalue weighted by molar-refractivity contribution is 0.0260. The van der Waals surface area contributed by atoms with E-state index in [-0.39, 0.29) is 11.7 Å². The van der Waals surface area contributed by atoms with Crippen molar-refractivity contribution in [2.75, 3.05) is 24.6 Å². The average molecular weight is 388 g/mol. The van der Waals surface area contributed by atoms with Crippen LogP contribution in [0.5, 0.6) is 0 Å². The number of rotatable bonds is 3. The second-order valence-corrected chi connectivity index (χ2v) is 7.07. The molecule has 0 aliphatic carbocycles. The minimum absolute atomic E-state index is 0.103. The average Bonchev–Trinajstić information content (AvgIpc) is 3.21. The third-order valence-corrected chi connectivity index (χ3v) is 5.20. The maximum absolute atomic E-state index is 12.6. The number of aromatic nitrogens is 3. The van der Waals surface area contributed by atoms with Crippen LogP contribution in [0.4, 0.5) is 5.95 Å². The zero-order valence-electron chi connectivity index (χ0n) is 16.0. The summed E-state index contributed by atoms with van der Waals surface area (Å²) in [5, 5.41) is 1.05. The molecule has 4 aromatic rings. The molecule has 3 aromatic heterocycles. The van der Waals surface area contributed by atoms with E-state index < -0.39 is 0 Å². The fraction of sp³-hybridized carbons (Fsp3) is 0.227. The van der Waals surface area contributed by atoms with E-state index in [0.717, 1.165) is 22.3 Å².